The topological polar surface area (TPSA) is 121 Å². The van der Waals surface area contributed by atoms with Crippen molar-refractivity contribution < 1.29 is 46.8 Å². The molecule has 1 heterocycles. The number of unbranched alkanes of at least 4 members (excludes halogenated alkanes) is 14. The molecule has 1 aliphatic rings. The van der Waals surface area contributed by atoms with Gasteiger partial charge in [0.1, 0.15) is 19.8 Å². The van der Waals surface area contributed by atoms with Gasteiger partial charge >= 0.3 is 19.8 Å². The normalized spacial score (nSPS) is 17.6. The number of hydrogen-bond donors (Lipinski definition) is 1. The lowest BCUT2D eigenvalue weighted by atomic mass is 10.1. The zero-order chi connectivity index (χ0) is 41.9. The number of rotatable bonds is 39. The maximum Gasteiger partial charge on any atom is 0.472 e. The maximum atomic E-state index is 12.7. The summed E-state index contributed by atoms with van der Waals surface area (Å²) in [4.78, 5) is 35.4. The van der Waals surface area contributed by atoms with E-state index in [2.05, 4.69) is 62.5 Å². The van der Waals surface area contributed by atoms with Gasteiger partial charge in [0.25, 0.3) is 0 Å². The molecule has 4 atom stereocenters. The van der Waals surface area contributed by atoms with Crippen molar-refractivity contribution in [2.45, 2.75) is 186 Å². The van der Waals surface area contributed by atoms with E-state index in [-0.39, 0.29) is 26.1 Å². The van der Waals surface area contributed by atoms with E-state index in [0.717, 1.165) is 83.5 Å². The standard InChI is InChI=1S/C46H82NO9P/c1-6-8-10-12-14-15-16-17-18-19-20-21-22-23-24-28-33-37-46(49)55-42(41-54-57(50,51)53-39-38-47(3,4)5)40-52-45(48)36-32-29-25-27-31-35-44-43(56-44)34-30-26-13-11-9-7-2/h14-15,17-18,20-21,26,30,42-44H,6-13,16,19,22-25,27-29,31-41H2,1-5H3/p+1/b15-14-,18-17-,21-20-,30-26-/t42-,43?,44?/m1/s1. The highest BCUT2D eigenvalue weighted by Gasteiger charge is 2.36. The molecular formula is C46H83NO9P+. The Balaban J connectivity index is 2.31. The second kappa shape index (κ2) is 34.8. The average Bonchev–Trinajstić information content (AvgIpc) is 3.92. The van der Waals surface area contributed by atoms with Crippen LogP contribution in [0.1, 0.15) is 168 Å². The number of nitrogens with zero attached hydrogens (tertiary/aromatic N) is 1. The molecule has 1 rings (SSSR count). The molecule has 0 aliphatic carbocycles. The molecule has 1 N–H and O–H groups in total. The molecule has 0 radical (unpaired) electrons. The Hall–Kier alpha value is -2.07. The van der Waals surface area contributed by atoms with Crippen molar-refractivity contribution in [3.8, 4) is 0 Å². The number of hydrogen-bond acceptors (Lipinski definition) is 8. The lowest BCUT2D eigenvalue weighted by Gasteiger charge is -2.24. The maximum absolute atomic E-state index is 12.7. The van der Waals surface area contributed by atoms with E-state index >= 15 is 0 Å². The van der Waals surface area contributed by atoms with Crippen molar-refractivity contribution in [2.75, 3.05) is 47.5 Å². The third kappa shape index (κ3) is 35.6. The summed E-state index contributed by atoms with van der Waals surface area (Å²) in [6.07, 6.45) is 41.7. The van der Waals surface area contributed by atoms with E-state index in [0.29, 0.717) is 36.1 Å². The summed E-state index contributed by atoms with van der Waals surface area (Å²) < 4.78 is 40.1. The summed E-state index contributed by atoms with van der Waals surface area (Å²) in [5.74, 6) is -0.850. The van der Waals surface area contributed by atoms with Crippen LogP contribution in [0.5, 0.6) is 0 Å². The molecule has 10 nitrogen and oxygen atoms in total. The van der Waals surface area contributed by atoms with Crippen LogP contribution in [0.2, 0.25) is 0 Å². The number of quaternary nitrogens is 1. The number of ether oxygens (including phenoxy) is 3. The Morgan fingerprint density at radius 2 is 1.18 bits per heavy atom. The van der Waals surface area contributed by atoms with Gasteiger partial charge < -0.3 is 23.6 Å². The second-order valence-electron chi connectivity index (χ2n) is 16.5. The molecule has 0 aromatic carbocycles. The highest BCUT2D eigenvalue weighted by Crippen LogP contribution is 2.43. The third-order valence-electron chi connectivity index (χ3n) is 9.76. The van der Waals surface area contributed by atoms with Crippen LogP contribution in [0.15, 0.2) is 48.6 Å². The van der Waals surface area contributed by atoms with E-state index in [1.165, 1.54) is 44.9 Å². The van der Waals surface area contributed by atoms with Gasteiger partial charge in [-0.2, -0.15) is 0 Å². The monoisotopic (exact) mass is 825 g/mol. The fourth-order valence-corrected chi connectivity index (χ4v) is 6.83. The summed E-state index contributed by atoms with van der Waals surface area (Å²) in [5, 5.41) is 0. The van der Waals surface area contributed by atoms with Crippen LogP contribution >= 0.6 is 7.82 Å². The van der Waals surface area contributed by atoms with Crippen molar-refractivity contribution in [1.82, 2.24) is 0 Å². The van der Waals surface area contributed by atoms with Crippen molar-refractivity contribution >= 4 is 19.8 Å². The Bertz CT molecular complexity index is 1180. The number of esters is 2. The van der Waals surface area contributed by atoms with Gasteiger partial charge in [0, 0.05) is 12.8 Å². The fraction of sp³-hybridized carbons (Fsp3) is 0.783. The Kier molecular flexibility index (Phi) is 32.3. The molecular weight excluding hydrogens is 741 g/mol. The molecule has 0 amide bonds. The van der Waals surface area contributed by atoms with Crippen LogP contribution < -0.4 is 0 Å². The van der Waals surface area contributed by atoms with Crippen LogP contribution in [0.25, 0.3) is 0 Å². The molecule has 0 saturated carbocycles. The predicted octanol–water partition coefficient (Wildman–Crippen LogP) is 11.7. The summed E-state index contributed by atoms with van der Waals surface area (Å²) >= 11 is 0. The lowest BCUT2D eigenvalue weighted by molar-refractivity contribution is -0.870. The van der Waals surface area contributed by atoms with Crippen LogP contribution in [-0.4, -0.2) is 87.1 Å². The molecule has 57 heavy (non-hydrogen) atoms. The minimum Gasteiger partial charge on any atom is -0.462 e. The minimum atomic E-state index is -4.39. The highest BCUT2D eigenvalue weighted by atomic mass is 31.2. The number of likely N-dealkylation sites (N-methyl/N-ethyl adjacent to an activating group) is 1. The number of phosphoric acid groups is 1. The molecule has 1 saturated heterocycles. The predicted molar refractivity (Wildman–Crippen MR) is 233 cm³/mol. The SMILES string of the molecule is CCCCC/C=C\C/C=C\C/C=C\CCCCCCC(=O)O[C@H](COC(=O)CCCCCCCC1OC1C/C=C\CCCCC)COP(=O)(O)OCC[N+](C)(C)C. The molecule has 11 heteroatoms. The number of carbonyl (C=O) groups excluding carboxylic acids is 2. The first-order valence-electron chi connectivity index (χ1n) is 22.5. The van der Waals surface area contributed by atoms with Crippen LogP contribution in [0.3, 0.4) is 0 Å². The Labute approximate surface area is 348 Å². The third-order valence-corrected chi connectivity index (χ3v) is 10.7. The fourth-order valence-electron chi connectivity index (χ4n) is 6.08. The Morgan fingerprint density at radius 1 is 0.649 bits per heavy atom. The van der Waals surface area contributed by atoms with E-state index < -0.39 is 32.5 Å². The van der Waals surface area contributed by atoms with Crippen LogP contribution in [0.4, 0.5) is 0 Å². The molecule has 0 bridgehead atoms. The Morgan fingerprint density at radius 3 is 1.79 bits per heavy atom. The van der Waals surface area contributed by atoms with E-state index in [9.17, 15) is 19.0 Å². The molecule has 1 aliphatic heterocycles. The van der Waals surface area contributed by atoms with Gasteiger partial charge in [0.15, 0.2) is 6.10 Å². The largest absolute Gasteiger partial charge is 0.472 e. The summed E-state index contributed by atoms with van der Waals surface area (Å²) in [6.45, 7) is 4.30. The van der Waals surface area contributed by atoms with Crippen LogP contribution in [0, 0.1) is 0 Å². The molecule has 3 unspecified atom stereocenters. The average molecular weight is 825 g/mol. The smallest absolute Gasteiger partial charge is 0.462 e. The first-order valence-corrected chi connectivity index (χ1v) is 24.0. The molecule has 0 spiro atoms. The number of phosphoric ester groups is 1. The van der Waals surface area contributed by atoms with E-state index in [1.54, 1.807) is 0 Å². The number of carbonyl (C=O) groups is 2. The van der Waals surface area contributed by atoms with Gasteiger partial charge in [-0.15, -0.1) is 0 Å². The van der Waals surface area contributed by atoms with Crippen molar-refractivity contribution in [3.63, 3.8) is 0 Å². The second-order valence-corrected chi connectivity index (χ2v) is 17.9. The quantitative estimate of drug-likeness (QED) is 0.0161. The molecule has 1 fully saturated rings. The number of allylic oxidation sites excluding steroid dienone is 7. The molecule has 330 valence electrons. The molecule has 0 aromatic heterocycles. The minimum absolute atomic E-state index is 0.0202. The van der Waals surface area contributed by atoms with E-state index in [1.807, 2.05) is 21.1 Å². The van der Waals surface area contributed by atoms with Gasteiger partial charge in [0.05, 0.1) is 40.0 Å². The van der Waals surface area contributed by atoms with Gasteiger partial charge in [0.2, 0.25) is 0 Å². The first kappa shape index (κ1) is 52.9. The van der Waals surface area contributed by atoms with Gasteiger partial charge in [-0.1, -0.05) is 127 Å². The number of epoxide rings is 1. The summed E-state index contributed by atoms with van der Waals surface area (Å²) in [7, 11) is 1.44. The highest BCUT2D eigenvalue weighted by molar-refractivity contribution is 7.47. The van der Waals surface area contributed by atoms with Crippen molar-refractivity contribution in [3.05, 3.63) is 48.6 Å². The van der Waals surface area contributed by atoms with Crippen molar-refractivity contribution in [2.24, 2.45) is 0 Å². The lowest BCUT2D eigenvalue weighted by Crippen LogP contribution is -2.37. The summed E-state index contributed by atoms with van der Waals surface area (Å²) in [6, 6.07) is 0. The van der Waals surface area contributed by atoms with Crippen molar-refractivity contribution in [1.29, 1.82) is 0 Å². The van der Waals surface area contributed by atoms with Gasteiger partial charge in [-0.05, 0) is 77.0 Å². The zero-order valence-electron chi connectivity index (χ0n) is 36.8. The van der Waals surface area contributed by atoms with E-state index in [4.69, 9.17) is 23.3 Å². The van der Waals surface area contributed by atoms with Crippen LogP contribution in [-0.2, 0) is 37.4 Å². The first-order chi connectivity index (χ1) is 27.5. The molecule has 0 aromatic rings. The van der Waals surface area contributed by atoms with Gasteiger partial charge in [-0.25, -0.2) is 4.57 Å². The van der Waals surface area contributed by atoms with Gasteiger partial charge in [-0.3, -0.25) is 18.6 Å². The summed E-state index contributed by atoms with van der Waals surface area (Å²) in [5.41, 5.74) is 0. The zero-order valence-corrected chi connectivity index (χ0v) is 37.7.